The van der Waals surface area contributed by atoms with Crippen molar-refractivity contribution >= 4 is 11.9 Å². The van der Waals surface area contributed by atoms with Crippen molar-refractivity contribution in [3.63, 3.8) is 0 Å². The van der Waals surface area contributed by atoms with Gasteiger partial charge in [-0.15, -0.1) is 0 Å². The summed E-state index contributed by atoms with van der Waals surface area (Å²) in [5.74, 6) is 1.46. The summed E-state index contributed by atoms with van der Waals surface area (Å²) < 4.78 is 6.00. The Morgan fingerprint density at radius 3 is 2.64 bits per heavy atom. The standard InChI is InChI=1S/C19H34N4O2/c1-6-20-17(23(5)12-14(24)22-18(2,3)4)21-15-13-8-11-25-16(13)19(15)9-7-10-19/h13,15-16H,6-12H2,1-5H3,(H,20,21)(H,22,24). The molecular formula is C19H34N4O2. The molecule has 0 aromatic rings. The van der Waals surface area contributed by atoms with Gasteiger partial charge >= 0.3 is 0 Å². The maximum Gasteiger partial charge on any atom is 0.240 e. The number of nitrogens with one attached hydrogen (secondary N) is 2. The molecule has 2 N–H and O–H groups in total. The van der Waals surface area contributed by atoms with Crippen LogP contribution >= 0.6 is 0 Å². The minimum absolute atomic E-state index is 0.0228. The fraction of sp³-hybridized carbons (Fsp3) is 0.895. The first-order chi connectivity index (χ1) is 11.8. The van der Waals surface area contributed by atoms with Crippen molar-refractivity contribution < 1.29 is 9.53 Å². The van der Waals surface area contributed by atoms with Gasteiger partial charge in [0.2, 0.25) is 5.91 Å². The highest BCUT2D eigenvalue weighted by Gasteiger charge is 2.66. The van der Waals surface area contributed by atoms with Crippen molar-refractivity contribution in [3.8, 4) is 0 Å². The lowest BCUT2D eigenvalue weighted by atomic mass is 9.46. The van der Waals surface area contributed by atoms with E-state index in [2.05, 4.69) is 15.6 Å². The van der Waals surface area contributed by atoms with E-state index in [1.807, 2.05) is 39.6 Å². The SMILES string of the molecule is CCN=C(NC1C2CCOC2C12CCC2)N(C)CC(=O)NC(C)(C)C. The summed E-state index contributed by atoms with van der Waals surface area (Å²) in [6.45, 7) is 9.94. The average Bonchev–Trinajstić information content (AvgIpc) is 2.84. The van der Waals surface area contributed by atoms with E-state index in [1.54, 1.807) is 0 Å². The molecule has 3 atom stereocenters. The number of likely N-dealkylation sites (N-methyl/N-ethyl adjacent to an activating group) is 1. The number of aliphatic imine (C=N–C) groups is 1. The zero-order valence-corrected chi connectivity index (χ0v) is 16.4. The highest BCUT2D eigenvalue weighted by atomic mass is 16.5. The van der Waals surface area contributed by atoms with Crippen LogP contribution in [-0.4, -0.2) is 61.2 Å². The van der Waals surface area contributed by atoms with Gasteiger partial charge in [0, 0.05) is 43.1 Å². The Morgan fingerprint density at radius 1 is 1.36 bits per heavy atom. The second-order valence-corrected chi connectivity index (χ2v) is 8.90. The lowest BCUT2D eigenvalue weighted by Gasteiger charge is -2.63. The normalized spacial score (nSPS) is 30.3. The van der Waals surface area contributed by atoms with Crippen LogP contribution in [-0.2, 0) is 9.53 Å². The van der Waals surface area contributed by atoms with Crippen molar-refractivity contribution in [1.29, 1.82) is 0 Å². The van der Waals surface area contributed by atoms with Crippen LogP contribution in [0.3, 0.4) is 0 Å². The number of fused-ring (bicyclic) bond motifs is 2. The molecule has 0 radical (unpaired) electrons. The number of rotatable bonds is 4. The van der Waals surface area contributed by atoms with E-state index in [0.717, 1.165) is 19.0 Å². The lowest BCUT2D eigenvalue weighted by Crippen LogP contribution is -2.72. The molecule has 6 nitrogen and oxygen atoms in total. The van der Waals surface area contributed by atoms with E-state index < -0.39 is 0 Å². The summed E-state index contributed by atoms with van der Waals surface area (Å²) in [5, 5.41) is 6.72. The van der Waals surface area contributed by atoms with Crippen molar-refractivity contribution in [2.24, 2.45) is 16.3 Å². The molecule has 3 aliphatic rings. The van der Waals surface area contributed by atoms with Crippen LogP contribution in [0, 0.1) is 11.3 Å². The molecule has 3 rings (SSSR count). The molecule has 0 bridgehead atoms. The van der Waals surface area contributed by atoms with Crippen LogP contribution in [0.25, 0.3) is 0 Å². The van der Waals surface area contributed by atoms with Gasteiger partial charge in [-0.2, -0.15) is 0 Å². The molecule has 3 fully saturated rings. The molecule has 1 saturated heterocycles. The summed E-state index contributed by atoms with van der Waals surface area (Å²) in [4.78, 5) is 18.9. The second-order valence-electron chi connectivity index (χ2n) is 8.90. The van der Waals surface area contributed by atoms with Crippen LogP contribution in [0.2, 0.25) is 0 Å². The quantitative estimate of drug-likeness (QED) is 0.599. The molecule has 2 aliphatic carbocycles. The summed E-state index contributed by atoms with van der Waals surface area (Å²) in [7, 11) is 1.94. The maximum absolute atomic E-state index is 12.3. The summed E-state index contributed by atoms with van der Waals surface area (Å²) in [6, 6.07) is 0.437. The smallest absolute Gasteiger partial charge is 0.240 e. The van der Waals surface area contributed by atoms with Gasteiger partial charge in [-0.05, 0) is 47.0 Å². The summed E-state index contributed by atoms with van der Waals surface area (Å²) in [6.07, 6.45) is 5.38. The molecule has 1 aliphatic heterocycles. The van der Waals surface area contributed by atoms with Crippen LogP contribution in [0.4, 0.5) is 0 Å². The number of hydrogen-bond donors (Lipinski definition) is 2. The number of carbonyl (C=O) groups is 1. The molecule has 1 spiro atoms. The first-order valence-electron chi connectivity index (χ1n) is 9.71. The van der Waals surface area contributed by atoms with Gasteiger partial charge in [-0.3, -0.25) is 9.79 Å². The van der Waals surface area contributed by atoms with E-state index in [9.17, 15) is 4.79 Å². The van der Waals surface area contributed by atoms with Gasteiger partial charge in [0.25, 0.3) is 0 Å². The van der Waals surface area contributed by atoms with Gasteiger partial charge in [0.05, 0.1) is 12.6 Å². The van der Waals surface area contributed by atoms with E-state index in [1.165, 1.54) is 19.3 Å². The number of ether oxygens (including phenoxy) is 1. The van der Waals surface area contributed by atoms with Crippen LogP contribution in [0.1, 0.15) is 53.4 Å². The molecule has 142 valence electrons. The minimum Gasteiger partial charge on any atom is -0.377 e. The Bertz CT molecular complexity index is 536. The van der Waals surface area contributed by atoms with Crippen molar-refractivity contribution in [2.45, 2.75) is 71.1 Å². The zero-order valence-electron chi connectivity index (χ0n) is 16.4. The van der Waals surface area contributed by atoms with Crippen LogP contribution in [0.5, 0.6) is 0 Å². The molecule has 1 amide bonds. The number of guanidine groups is 1. The third-order valence-electron chi connectivity index (χ3n) is 5.89. The third kappa shape index (κ3) is 3.50. The molecule has 0 aromatic heterocycles. The average molecular weight is 351 g/mol. The Labute approximate surface area is 151 Å². The Kier molecular flexibility index (Phi) is 5.02. The Balaban J connectivity index is 1.63. The number of amides is 1. The van der Waals surface area contributed by atoms with Crippen LogP contribution < -0.4 is 10.6 Å². The molecule has 1 heterocycles. The number of hydrogen-bond acceptors (Lipinski definition) is 3. The molecular weight excluding hydrogens is 316 g/mol. The van der Waals surface area contributed by atoms with Gasteiger partial charge in [-0.25, -0.2) is 0 Å². The van der Waals surface area contributed by atoms with Gasteiger partial charge < -0.3 is 20.3 Å². The fourth-order valence-electron chi connectivity index (χ4n) is 4.77. The molecule has 6 heteroatoms. The summed E-state index contributed by atoms with van der Waals surface area (Å²) >= 11 is 0. The molecule has 0 aromatic carbocycles. The fourth-order valence-corrected chi connectivity index (χ4v) is 4.77. The molecule has 2 saturated carbocycles. The number of carbonyl (C=O) groups excluding carboxylic acids is 1. The van der Waals surface area contributed by atoms with Crippen molar-refractivity contribution in [2.75, 3.05) is 26.7 Å². The van der Waals surface area contributed by atoms with Crippen molar-refractivity contribution in [3.05, 3.63) is 0 Å². The zero-order chi connectivity index (χ0) is 18.2. The van der Waals surface area contributed by atoms with Crippen LogP contribution in [0.15, 0.2) is 4.99 Å². The highest BCUT2D eigenvalue weighted by Crippen LogP contribution is 2.62. The van der Waals surface area contributed by atoms with Gasteiger partial charge in [-0.1, -0.05) is 6.42 Å². The van der Waals surface area contributed by atoms with E-state index in [4.69, 9.17) is 4.74 Å². The monoisotopic (exact) mass is 350 g/mol. The maximum atomic E-state index is 12.3. The number of nitrogens with zero attached hydrogens (tertiary/aromatic N) is 2. The van der Waals surface area contributed by atoms with Gasteiger partial charge in [0.15, 0.2) is 5.96 Å². The van der Waals surface area contributed by atoms with Gasteiger partial charge in [0.1, 0.15) is 0 Å². The van der Waals surface area contributed by atoms with E-state index in [-0.39, 0.29) is 11.4 Å². The Hall–Kier alpha value is -1.30. The minimum atomic E-state index is -0.216. The first-order valence-corrected chi connectivity index (χ1v) is 9.71. The molecule has 25 heavy (non-hydrogen) atoms. The predicted octanol–water partition coefficient (Wildman–Crippen LogP) is 1.76. The second kappa shape index (κ2) is 6.78. The van der Waals surface area contributed by atoms with E-state index in [0.29, 0.717) is 36.6 Å². The lowest BCUT2D eigenvalue weighted by molar-refractivity contribution is -0.171. The summed E-state index contributed by atoms with van der Waals surface area (Å²) in [5.41, 5.74) is 0.0932. The topological polar surface area (TPSA) is 66.0 Å². The molecule has 3 unspecified atom stereocenters. The third-order valence-corrected chi connectivity index (χ3v) is 5.89. The predicted molar refractivity (Wildman–Crippen MR) is 99.6 cm³/mol. The first kappa shape index (κ1) is 18.5. The largest absolute Gasteiger partial charge is 0.377 e. The highest BCUT2D eigenvalue weighted by molar-refractivity contribution is 5.87. The van der Waals surface area contributed by atoms with Crippen molar-refractivity contribution in [1.82, 2.24) is 15.5 Å². The van der Waals surface area contributed by atoms with E-state index >= 15 is 0 Å². The Morgan fingerprint density at radius 2 is 2.08 bits per heavy atom.